The molecule has 0 spiro atoms. The average molecular weight is 595 g/mol. The smallest absolute Gasteiger partial charge is 0.0491 e. The number of hydrogen-bond acceptors (Lipinski definition) is 0. The molecule has 0 unspecified atom stereocenters. The van der Waals surface area contributed by atoms with E-state index in [0.717, 1.165) is 25.9 Å². The Hall–Kier alpha value is -5.34. The molecule has 1 aliphatic rings. The van der Waals surface area contributed by atoms with Crippen LogP contribution in [0, 0.1) is 0 Å². The number of rotatable bonds is 7. The first-order valence-electron chi connectivity index (χ1n) is 16.6. The van der Waals surface area contributed by atoms with Crippen molar-refractivity contribution in [3.05, 3.63) is 149 Å². The van der Waals surface area contributed by atoms with E-state index in [1.807, 2.05) is 0 Å². The second kappa shape index (κ2) is 11.9. The van der Waals surface area contributed by atoms with Crippen LogP contribution in [0.15, 0.2) is 115 Å². The van der Waals surface area contributed by atoms with Gasteiger partial charge < -0.3 is 9.13 Å². The first kappa shape index (κ1) is 28.2. The Morgan fingerprint density at radius 3 is 1.67 bits per heavy atom. The molecule has 8 rings (SSSR count). The van der Waals surface area contributed by atoms with Gasteiger partial charge in [-0.05, 0) is 90.4 Å². The van der Waals surface area contributed by atoms with Crippen molar-refractivity contribution < 1.29 is 0 Å². The normalized spacial score (nSPS) is 13.2. The first-order chi connectivity index (χ1) is 22.7. The quantitative estimate of drug-likeness (QED) is 0.162. The van der Waals surface area contributed by atoms with E-state index in [-0.39, 0.29) is 0 Å². The Bertz CT molecular complexity index is 2300. The van der Waals surface area contributed by atoms with Crippen molar-refractivity contribution in [2.75, 3.05) is 0 Å². The molecular weight excluding hydrogens is 556 g/mol. The lowest BCUT2D eigenvalue weighted by molar-refractivity contribution is 0.729. The van der Waals surface area contributed by atoms with Crippen molar-refractivity contribution in [3.8, 4) is 11.1 Å². The highest BCUT2D eigenvalue weighted by atomic mass is 15.0. The summed E-state index contributed by atoms with van der Waals surface area (Å²) in [5, 5.41) is 4.00. The largest absolute Gasteiger partial charge is 0.344 e. The third kappa shape index (κ3) is 5.01. The number of nitrogens with zero attached hydrogens (tertiary/aromatic N) is 2. The van der Waals surface area contributed by atoms with Gasteiger partial charge in [0.25, 0.3) is 0 Å². The van der Waals surface area contributed by atoms with Crippen LogP contribution in [0.4, 0.5) is 0 Å². The Kier molecular flexibility index (Phi) is 7.27. The zero-order valence-electron chi connectivity index (χ0n) is 26.6. The van der Waals surface area contributed by atoms with Crippen LogP contribution < -0.4 is 0 Å². The molecule has 0 amide bonds. The van der Waals surface area contributed by atoms with Gasteiger partial charge in [0.15, 0.2) is 0 Å². The van der Waals surface area contributed by atoms with Crippen molar-refractivity contribution in [1.82, 2.24) is 9.13 Å². The van der Waals surface area contributed by atoms with Crippen LogP contribution in [0.25, 0.3) is 74.2 Å². The van der Waals surface area contributed by atoms with E-state index in [2.05, 4.69) is 169 Å². The summed E-state index contributed by atoms with van der Waals surface area (Å²) in [5.74, 6) is 0. The molecule has 0 radical (unpaired) electrons. The van der Waals surface area contributed by atoms with E-state index >= 15 is 0 Å². The Morgan fingerprint density at radius 2 is 1.04 bits per heavy atom. The first-order valence-corrected chi connectivity index (χ1v) is 16.6. The minimum atomic E-state index is 0.968. The molecule has 2 heterocycles. The molecule has 0 bridgehead atoms. The van der Waals surface area contributed by atoms with E-state index in [1.54, 1.807) is 0 Å². The Morgan fingerprint density at radius 1 is 0.522 bits per heavy atom. The maximum absolute atomic E-state index is 2.48. The molecule has 0 fully saturated rings. The highest BCUT2D eigenvalue weighted by molar-refractivity contribution is 6.08. The minimum Gasteiger partial charge on any atom is -0.344 e. The fraction of sp³-hybridized carbons (Fsp3) is 0.136. The highest BCUT2D eigenvalue weighted by Gasteiger charge is 2.16. The van der Waals surface area contributed by atoms with Gasteiger partial charge in [0.1, 0.15) is 0 Å². The van der Waals surface area contributed by atoms with Gasteiger partial charge in [0, 0.05) is 57.1 Å². The summed E-state index contributed by atoms with van der Waals surface area (Å²) in [7, 11) is 0. The molecule has 0 atom stereocenters. The number of hydrogen-bond donors (Lipinski definition) is 0. The third-order valence-corrected chi connectivity index (χ3v) is 9.59. The highest BCUT2D eigenvalue weighted by Crippen LogP contribution is 2.33. The van der Waals surface area contributed by atoms with Gasteiger partial charge in [-0.25, -0.2) is 0 Å². The van der Waals surface area contributed by atoms with Crippen LogP contribution in [0.2, 0.25) is 0 Å². The van der Waals surface area contributed by atoms with Crippen LogP contribution in [0.3, 0.4) is 0 Å². The van der Waals surface area contributed by atoms with Gasteiger partial charge >= 0.3 is 0 Å². The molecule has 2 aromatic heterocycles. The zero-order chi connectivity index (χ0) is 31.0. The fourth-order valence-corrected chi connectivity index (χ4v) is 7.27. The lowest BCUT2D eigenvalue weighted by Crippen LogP contribution is -2.02. The molecule has 2 nitrogen and oxygen atoms in total. The summed E-state index contributed by atoms with van der Waals surface area (Å²) in [6.07, 6.45) is 15.8. The molecule has 0 N–H and O–H groups in total. The molecule has 1 aliphatic carbocycles. The van der Waals surface area contributed by atoms with E-state index < -0.39 is 0 Å². The summed E-state index contributed by atoms with van der Waals surface area (Å²) in [6, 6.07) is 40.1. The third-order valence-electron chi connectivity index (χ3n) is 9.59. The molecular formula is C44H38N2. The van der Waals surface area contributed by atoms with Gasteiger partial charge in [-0.15, -0.1) is 0 Å². The van der Waals surface area contributed by atoms with E-state index in [0.29, 0.717) is 0 Å². The average Bonchev–Trinajstić information content (AvgIpc) is 3.61. The van der Waals surface area contributed by atoms with E-state index in [4.69, 9.17) is 0 Å². The maximum Gasteiger partial charge on any atom is 0.0491 e. The van der Waals surface area contributed by atoms with Crippen LogP contribution in [-0.4, -0.2) is 9.13 Å². The number of allylic oxidation sites excluding steroid dienone is 1. The van der Waals surface area contributed by atoms with Crippen molar-refractivity contribution in [2.24, 2.45) is 0 Å². The minimum absolute atomic E-state index is 0.968. The topological polar surface area (TPSA) is 9.86 Å². The summed E-state index contributed by atoms with van der Waals surface area (Å²) >= 11 is 0. The lowest BCUT2D eigenvalue weighted by atomic mass is 10.0. The maximum atomic E-state index is 2.48. The fourth-order valence-electron chi connectivity index (χ4n) is 7.27. The summed E-state index contributed by atoms with van der Waals surface area (Å²) in [5.41, 5.74) is 14.1. The Labute approximate surface area is 271 Å². The van der Waals surface area contributed by atoms with Gasteiger partial charge in [-0.2, -0.15) is 0 Å². The zero-order valence-corrected chi connectivity index (χ0v) is 26.6. The van der Waals surface area contributed by atoms with Gasteiger partial charge in [-0.3, -0.25) is 0 Å². The Balaban J connectivity index is 0.973. The van der Waals surface area contributed by atoms with E-state index in [9.17, 15) is 0 Å². The van der Waals surface area contributed by atoms with Crippen molar-refractivity contribution in [1.29, 1.82) is 0 Å². The van der Waals surface area contributed by atoms with Crippen LogP contribution in [-0.2, 0) is 19.5 Å². The van der Waals surface area contributed by atoms with Crippen molar-refractivity contribution >= 4 is 63.1 Å². The SMILES string of the molecule is CCn1c2c(c3cc(/C=C/c4ccc(-c5ccc(/C=C/c6ccc7c(c6)c6ccccc6n7CC)cc5)cc4)ccc31)C=CCC2. The molecule has 0 saturated heterocycles. The predicted octanol–water partition coefficient (Wildman–Crippen LogP) is 11.8. The number of aryl methyl sites for hydroxylation is 2. The molecule has 7 aromatic rings. The molecule has 0 saturated carbocycles. The van der Waals surface area contributed by atoms with Crippen LogP contribution in [0.1, 0.15) is 53.8 Å². The number of benzene rings is 5. The molecule has 0 aliphatic heterocycles. The monoisotopic (exact) mass is 594 g/mol. The number of aromatic nitrogens is 2. The summed E-state index contributed by atoms with van der Waals surface area (Å²) in [6.45, 7) is 6.45. The second-order valence-corrected chi connectivity index (χ2v) is 12.3. The van der Waals surface area contributed by atoms with E-state index in [1.165, 1.54) is 77.3 Å². The predicted molar refractivity (Wildman–Crippen MR) is 200 cm³/mol. The molecule has 46 heavy (non-hydrogen) atoms. The second-order valence-electron chi connectivity index (χ2n) is 12.3. The molecule has 2 heteroatoms. The molecule has 224 valence electrons. The van der Waals surface area contributed by atoms with Crippen LogP contribution in [0.5, 0.6) is 0 Å². The summed E-state index contributed by atoms with van der Waals surface area (Å²) < 4.78 is 4.88. The van der Waals surface area contributed by atoms with Crippen LogP contribution >= 0.6 is 0 Å². The van der Waals surface area contributed by atoms with Crippen molar-refractivity contribution in [3.63, 3.8) is 0 Å². The van der Waals surface area contributed by atoms with Gasteiger partial charge in [0.05, 0.1) is 0 Å². The summed E-state index contributed by atoms with van der Waals surface area (Å²) in [4.78, 5) is 0. The standard InChI is InChI=1S/C44H38N2/c1-3-45-41-11-7-5-9-37(41)39-29-33(21-27-43(39)45)15-13-31-17-23-35(24-18-31)36-25-19-32(20-26-36)14-16-34-22-28-44-40(30-34)38-10-6-8-12-42(38)46(44)4-2/h5-7,9-11,13-30H,3-4,8,12H2,1-2H3/b15-13+,16-14+. The van der Waals surface area contributed by atoms with Crippen molar-refractivity contribution in [2.45, 2.75) is 39.8 Å². The number of fused-ring (bicyclic) bond motifs is 6. The number of para-hydroxylation sites is 1. The molecule has 5 aromatic carbocycles. The van der Waals surface area contributed by atoms with Gasteiger partial charge in [0.2, 0.25) is 0 Å². The van der Waals surface area contributed by atoms with Gasteiger partial charge in [-0.1, -0.05) is 115 Å². The lowest BCUT2D eigenvalue weighted by Gasteiger charge is -2.10.